The molecule has 1 aromatic rings. The van der Waals surface area contributed by atoms with E-state index in [0.717, 1.165) is 18.4 Å². The van der Waals surface area contributed by atoms with Crippen LogP contribution in [-0.2, 0) is 11.2 Å². The summed E-state index contributed by atoms with van der Waals surface area (Å²) in [5, 5.41) is 0. The molecule has 0 aliphatic rings. The molecule has 118 valence electrons. The van der Waals surface area contributed by atoms with E-state index in [-0.39, 0.29) is 18.6 Å². The number of benzene rings is 1. The van der Waals surface area contributed by atoms with E-state index in [2.05, 4.69) is 6.92 Å². The highest BCUT2D eigenvalue weighted by Crippen LogP contribution is 2.29. The van der Waals surface area contributed by atoms with Crippen molar-refractivity contribution in [3.63, 3.8) is 0 Å². The molecule has 0 radical (unpaired) electrons. The molecule has 1 atom stereocenters. The Morgan fingerprint density at radius 1 is 1.24 bits per heavy atom. The molecule has 5 heteroatoms. The molecule has 0 fully saturated rings. The lowest BCUT2D eigenvalue weighted by Gasteiger charge is -2.16. The van der Waals surface area contributed by atoms with Gasteiger partial charge in [-0.25, -0.2) is 0 Å². The summed E-state index contributed by atoms with van der Waals surface area (Å²) in [5.41, 5.74) is 7.09. The van der Waals surface area contributed by atoms with Gasteiger partial charge in [0, 0.05) is 20.1 Å². The van der Waals surface area contributed by atoms with Crippen LogP contribution in [0.4, 0.5) is 0 Å². The number of hydrogen-bond donors (Lipinski definition) is 1. The molecule has 0 aliphatic carbocycles. The van der Waals surface area contributed by atoms with Gasteiger partial charge >= 0.3 is 0 Å². The molecule has 21 heavy (non-hydrogen) atoms. The third-order valence-corrected chi connectivity index (χ3v) is 3.18. The maximum absolute atomic E-state index is 11.6. The molecular formula is C16H26N2O3. The fraction of sp³-hybridized carbons (Fsp3) is 0.562. The van der Waals surface area contributed by atoms with Crippen LogP contribution in [0.1, 0.15) is 25.8 Å². The maximum Gasteiger partial charge on any atom is 0.259 e. The van der Waals surface area contributed by atoms with Gasteiger partial charge in [0.2, 0.25) is 0 Å². The first-order valence-corrected chi connectivity index (χ1v) is 7.32. The van der Waals surface area contributed by atoms with Gasteiger partial charge in [-0.05, 0) is 37.5 Å². The molecule has 0 heterocycles. The van der Waals surface area contributed by atoms with Crippen LogP contribution in [0.25, 0.3) is 0 Å². The number of ether oxygens (including phenoxy) is 2. The summed E-state index contributed by atoms with van der Waals surface area (Å²) in [4.78, 5) is 13.1. The van der Waals surface area contributed by atoms with Gasteiger partial charge in [0.05, 0.1) is 6.61 Å². The molecule has 0 bridgehead atoms. The van der Waals surface area contributed by atoms with E-state index in [1.807, 2.05) is 25.1 Å². The monoisotopic (exact) mass is 294 g/mol. The molecule has 1 unspecified atom stereocenters. The van der Waals surface area contributed by atoms with Crippen LogP contribution in [0, 0.1) is 0 Å². The van der Waals surface area contributed by atoms with Gasteiger partial charge in [0.1, 0.15) is 0 Å². The number of likely N-dealkylation sites (N-methyl/N-ethyl adjacent to an activating group) is 1. The zero-order valence-corrected chi connectivity index (χ0v) is 13.4. The van der Waals surface area contributed by atoms with Gasteiger partial charge in [0.25, 0.3) is 5.91 Å². The number of amides is 1. The van der Waals surface area contributed by atoms with Crippen molar-refractivity contribution in [1.82, 2.24) is 4.90 Å². The molecule has 0 aromatic heterocycles. The summed E-state index contributed by atoms with van der Waals surface area (Å²) in [6.07, 6.45) is 1.73. The second kappa shape index (κ2) is 8.52. The average Bonchev–Trinajstić information content (AvgIpc) is 2.46. The van der Waals surface area contributed by atoms with Crippen molar-refractivity contribution in [2.75, 3.05) is 27.3 Å². The molecule has 0 saturated heterocycles. The minimum absolute atomic E-state index is 0.000888. The molecule has 1 aromatic carbocycles. The molecule has 2 N–H and O–H groups in total. The van der Waals surface area contributed by atoms with Crippen LogP contribution in [-0.4, -0.2) is 44.2 Å². The van der Waals surface area contributed by atoms with Crippen molar-refractivity contribution in [2.45, 2.75) is 32.7 Å². The van der Waals surface area contributed by atoms with Crippen LogP contribution in [0.15, 0.2) is 18.2 Å². The summed E-state index contributed by atoms with van der Waals surface area (Å²) in [6.45, 7) is 4.53. The quantitative estimate of drug-likeness (QED) is 0.794. The van der Waals surface area contributed by atoms with Gasteiger partial charge in [-0.15, -0.1) is 0 Å². The van der Waals surface area contributed by atoms with Crippen molar-refractivity contribution < 1.29 is 14.3 Å². The second-order valence-electron chi connectivity index (χ2n) is 5.16. The predicted octanol–water partition coefficient (Wildman–Crippen LogP) is 1.83. The number of rotatable bonds is 8. The Balaban J connectivity index is 2.81. The summed E-state index contributed by atoms with van der Waals surface area (Å²) < 4.78 is 11.1. The van der Waals surface area contributed by atoms with Crippen LogP contribution in [0.5, 0.6) is 11.5 Å². The number of hydrogen-bond acceptors (Lipinski definition) is 4. The number of nitrogens with zero attached hydrogens (tertiary/aromatic N) is 1. The molecule has 1 amide bonds. The zero-order chi connectivity index (χ0) is 15.8. The minimum atomic E-state index is -0.0884. The predicted molar refractivity (Wildman–Crippen MR) is 83.8 cm³/mol. The first-order valence-electron chi connectivity index (χ1n) is 7.32. The van der Waals surface area contributed by atoms with Gasteiger partial charge in [-0.2, -0.15) is 0 Å². The largest absolute Gasteiger partial charge is 0.490 e. The lowest BCUT2D eigenvalue weighted by Crippen LogP contribution is -2.27. The van der Waals surface area contributed by atoms with E-state index in [4.69, 9.17) is 15.2 Å². The fourth-order valence-corrected chi connectivity index (χ4v) is 1.78. The Bertz CT molecular complexity index is 461. The van der Waals surface area contributed by atoms with Gasteiger partial charge in [-0.1, -0.05) is 13.0 Å². The lowest BCUT2D eigenvalue weighted by molar-refractivity contribution is -0.130. The Kier molecular flexibility index (Phi) is 7.02. The third kappa shape index (κ3) is 5.63. The molecule has 1 rings (SSSR count). The van der Waals surface area contributed by atoms with E-state index in [1.54, 1.807) is 14.1 Å². The topological polar surface area (TPSA) is 64.8 Å². The van der Waals surface area contributed by atoms with Crippen molar-refractivity contribution in [3.05, 3.63) is 23.8 Å². The Morgan fingerprint density at radius 2 is 1.95 bits per heavy atom. The highest BCUT2D eigenvalue weighted by Gasteiger charge is 2.11. The first-order chi connectivity index (χ1) is 9.97. The van der Waals surface area contributed by atoms with E-state index >= 15 is 0 Å². The van der Waals surface area contributed by atoms with Crippen molar-refractivity contribution in [2.24, 2.45) is 5.73 Å². The highest BCUT2D eigenvalue weighted by atomic mass is 16.5. The van der Waals surface area contributed by atoms with Crippen LogP contribution in [0.3, 0.4) is 0 Å². The lowest BCUT2D eigenvalue weighted by atomic mass is 10.0. The fourth-order valence-electron chi connectivity index (χ4n) is 1.78. The van der Waals surface area contributed by atoms with Crippen molar-refractivity contribution in [1.29, 1.82) is 0 Å². The number of carbonyl (C=O) groups excluding carboxylic acids is 1. The van der Waals surface area contributed by atoms with Gasteiger partial charge in [0.15, 0.2) is 18.1 Å². The Morgan fingerprint density at radius 3 is 2.52 bits per heavy atom. The maximum atomic E-state index is 11.6. The molecular weight excluding hydrogens is 268 g/mol. The summed E-state index contributed by atoms with van der Waals surface area (Å²) in [5.74, 6) is 1.15. The van der Waals surface area contributed by atoms with Crippen LogP contribution >= 0.6 is 0 Å². The molecule has 5 nitrogen and oxygen atoms in total. The van der Waals surface area contributed by atoms with E-state index < -0.39 is 0 Å². The van der Waals surface area contributed by atoms with Crippen LogP contribution in [0.2, 0.25) is 0 Å². The Labute approximate surface area is 127 Å². The number of nitrogens with two attached hydrogens (primary N) is 1. The minimum Gasteiger partial charge on any atom is -0.490 e. The van der Waals surface area contributed by atoms with E-state index in [0.29, 0.717) is 18.1 Å². The average molecular weight is 294 g/mol. The van der Waals surface area contributed by atoms with Gasteiger partial charge in [-0.3, -0.25) is 4.79 Å². The highest BCUT2D eigenvalue weighted by molar-refractivity contribution is 5.77. The third-order valence-electron chi connectivity index (χ3n) is 3.18. The zero-order valence-electron chi connectivity index (χ0n) is 13.4. The molecule has 0 saturated carbocycles. The molecule has 0 aliphatic heterocycles. The van der Waals surface area contributed by atoms with Gasteiger partial charge < -0.3 is 20.1 Å². The summed E-state index contributed by atoms with van der Waals surface area (Å²) in [7, 11) is 3.40. The normalized spacial score (nSPS) is 11.9. The smallest absolute Gasteiger partial charge is 0.259 e. The van der Waals surface area contributed by atoms with E-state index in [9.17, 15) is 4.79 Å². The molecule has 0 spiro atoms. The second-order valence-corrected chi connectivity index (χ2v) is 5.16. The van der Waals surface area contributed by atoms with Crippen LogP contribution < -0.4 is 15.2 Å². The summed E-state index contributed by atoms with van der Waals surface area (Å²) >= 11 is 0. The standard InChI is InChI=1S/C16H26N2O3/c1-5-13(17)9-12-7-8-14(15(10-12)20-6-2)21-11-16(19)18(3)4/h7-8,10,13H,5-6,9,11,17H2,1-4H3. The van der Waals surface area contributed by atoms with Crippen molar-refractivity contribution >= 4 is 5.91 Å². The number of carbonyl (C=O) groups is 1. The summed E-state index contributed by atoms with van der Waals surface area (Å²) in [6, 6.07) is 5.88. The SMILES string of the molecule is CCOc1cc(CC(N)CC)ccc1OCC(=O)N(C)C. The van der Waals surface area contributed by atoms with E-state index in [1.165, 1.54) is 4.90 Å². The van der Waals surface area contributed by atoms with Crippen molar-refractivity contribution in [3.8, 4) is 11.5 Å². The first kappa shape index (κ1) is 17.3. The Hall–Kier alpha value is -1.75.